The molecule has 0 fully saturated rings. The fourth-order valence-corrected chi connectivity index (χ4v) is 1.62. The number of aliphatic hydroxyl groups excluding tert-OH is 1. The van der Waals surface area contributed by atoms with Gasteiger partial charge in [-0.15, -0.1) is 0 Å². The average Bonchev–Trinajstić information content (AvgIpc) is 2.46. The lowest BCUT2D eigenvalue weighted by Gasteiger charge is -2.06. The minimum absolute atomic E-state index is 0.176. The maximum atomic E-state index is 11.8. The third-order valence-corrected chi connectivity index (χ3v) is 2.67. The molecular formula is C14H19NO4. The van der Waals surface area contributed by atoms with Crippen LogP contribution >= 0.6 is 0 Å². The van der Waals surface area contributed by atoms with Crippen LogP contribution in [0.2, 0.25) is 0 Å². The number of nitrogens with one attached hydrogen (secondary N) is 1. The number of carbonyl (C=O) groups is 2. The van der Waals surface area contributed by atoms with E-state index in [0.29, 0.717) is 17.7 Å². The van der Waals surface area contributed by atoms with E-state index >= 15 is 0 Å². The number of esters is 1. The SMILES string of the molecule is COC(=O)c1cccc(C(=O)NCCCCCO)c1. The van der Waals surface area contributed by atoms with E-state index in [9.17, 15) is 9.59 Å². The predicted molar refractivity (Wildman–Crippen MR) is 71.1 cm³/mol. The molecule has 2 N–H and O–H groups in total. The van der Waals surface area contributed by atoms with Gasteiger partial charge in [0.15, 0.2) is 0 Å². The maximum absolute atomic E-state index is 11.8. The summed E-state index contributed by atoms with van der Waals surface area (Å²) in [5, 5.41) is 11.4. The van der Waals surface area contributed by atoms with Gasteiger partial charge in [0, 0.05) is 18.7 Å². The van der Waals surface area contributed by atoms with Gasteiger partial charge in [-0.1, -0.05) is 6.07 Å². The molecule has 0 radical (unpaired) electrons. The number of amides is 1. The molecule has 5 heteroatoms. The molecule has 0 saturated heterocycles. The minimum Gasteiger partial charge on any atom is -0.465 e. The van der Waals surface area contributed by atoms with Gasteiger partial charge in [0.2, 0.25) is 0 Å². The van der Waals surface area contributed by atoms with Gasteiger partial charge in [-0.2, -0.15) is 0 Å². The van der Waals surface area contributed by atoms with E-state index in [-0.39, 0.29) is 12.5 Å². The molecule has 1 aromatic carbocycles. The Kier molecular flexibility index (Phi) is 6.60. The van der Waals surface area contributed by atoms with Crippen molar-refractivity contribution in [1.82, 2.24) is 5.32 Å². The Morgan fingerprint density at radius 2 is 1.95 bits per heavy atom. The molecule has 104 valence electrons. The molecule has 0 heterocycles. The minimum atomic E-state index is -0.461. The standard InChI is InChI=1S/C14H19NO4/c1-19-14(18)12-7-5-6-11(10-12)13(17)15-8-3-2-4-9-16/h5-7,10,16H,2-4,8-9H2,1H3,(H,15,17). The molecule has 0 unspecified atom stereocenters. The summed E-state index contributed by atoms with van der Waals surface area (Å²) in [5.41, 5.74) is 0.792. The third kappa shape index (κ3) is 5.09. The normalized spacial score (nSPS) is 10.0. The van der Waals surface area contributed by atoms with E-state index in [4.69, 9.17) is 5.11 Å². The molecule has 0 aliphatic rings. The van der Waals surface area contributed by atoms with Crippen LogP contribution in [0.25, 0.3) is 0 Å². The smallest absolute Gasteiger partial charge is 0.337 e. The van der Waals surface area contributed by atoms with E-state index in [1.807, 2.05) is 0 Å². The highest BCUT2D eigenvalue weighted by atomic mass is 16.5. The molecule has 1 aromatic rings. The van der Waals surface area contributed by atoms with Crippen LogP contribution < -0.4 is 5.32 Å². The van der Waals surface area contributed by atoms with E-state index in [0.717, 1.165) is 19.3 Å². The Morgan fingerprint density at radius 3 is 2.63 bits per heavy atom. The van der Waals surface area contributed by atoms with Crippen molar-refractivity contribution in [1.29, 1.82) is 0 Å². The Hall–Kier alpha value is -1.88. The molecule has 0 aliphatic carbocycles. The average molecular weight is 265 g/mol. The molecule has 0 bridgehead atoms. The molecular weight excluding hydrogens is 246 g/mol. The fraction of sp³-hybridized carbons (Fsp3) is 0.429. The highest BCUT2D eigenvalue weighted by Crippen LogP contribution is 2.06. The predicted octanol–water partition coefficient (Wildman–Crippen LogP) is 1.37. The number of carbonyl (C=O) groups excluding carboxylic acids is 2. The van der Waals surface area contributed by atoms with Crippen molar-refractivity contribution in [3.63, 3.8) is 0 Å². The van der Waals surface area contributed by atoms with Crippen LogP contribution in [0.5, 0.6) is 0 Å². The van der Waals surface area contributed by atoms with Crippen molar-refractivity contribution < 1.29 is 19.4 Å². The second kappa shape index (κ2) is 8.26. The largest absolute Gasteiger partial charge is 0.465 e. The summed E-state index contributed by atoms with van der Waals surface area (Å²) >= 11 is 0. The topological polar surface area (TPSA) is 75.6 Å². The molecule has 0 spiro atoms. The van der Waals surface area contributed by atoms with Crippen molar-refractivity contribution in [2.45, 2.75) is 19.3 Å². The van der Waals surface area contributed by atoms with E-state index < -0.39 is 5.97 Å². The zero-order chi connectivity index (χ0) is 14.1. The number of ether oxygens (including phenoxy) is 1. The van der Waals surface area contributed by atoms with Gasteiger partial charge in [-0.25, -0.2) is 4.79 Å². The summed E-state index contributed by atoms with van der Waals surface area (Å²) in [4.78, 5) is 23.2. The van der Waals surface area contributed by atoms with Crippen LogP contribution in [-0.2, 0) is 4.74 Å². The van der Waals surface area contributed by atoms with Gasteiger partial charge in [-0.05, 0) is 37.5 Å². The highest BCUT2D eigenvalue weighted by Gasteiger charge is 2.09. The summed E-state index contributed by atoms with van der Waals surface area (Å²) in [6, 6.07) is 6.40. The molecule has 0 aliphatic heterocycles. The monoisotopic (exact) mass is 265 g/mol. The number of rotatable bonds is 7. The summed E-state index contributed by atoms with van der Waals surface area (Å²) < 4.78 is 4.60. The molecule has 5 nitrogen and oxygen atoms in total. The summed E-state index contributed by atoms with van der Waals surface area (Å²) in [5.74, 6) is -0.674. The van der Waals surface area contributed by atoms with Crippen molar-refractivity contribution in [2.24, 2.45) is 0 Å². The zero-order valence-corrected chi connectivity index (χ0v) is 11.0. The van der Waals surface area contributed by atoms with Crippen molar-refractivity contribution >= 4 is 11.9 Å². The zero-order valence-electron chi connectivity index (χ0n) is 11.0. The van der Waals surface area contributed by atoms with Crippen LogP contribution in [0.15, 0.2) is 24.3 Å². The lowest BCUT2D eigenvalue weighted by atomic mass is 10.1. The first-order chi connectivity index (χ1) is 9.19. The number of benzene rings is 1. The van der Waals surface area contributed by atoms with Crippen LogP contribution in [0, 0.1) is 0 Å². The van der Waals surface area contributed by atoms with Gasteiger partial charge in [0.1, 0.15) is 0 Å². The molecule has 1 rings (SSSR count). The Morgan fingerprint density at radius 1 is 1.21 bits per heavy atom. The summed E-state index contributed by atoms with van der Waals surface area (Å²) in [6.07, 6.45) is 2.44. The molecule has 1 amide bonds. The van der Waals surface area contributed by atoms with Gasteiger partial charge in [-0.3, -0.25) is 4.79 Å². The van der Waals surface area contributed by atoms with Crippen LogP contribution in [0.4, 0.5) is 0 Å². The third-order valence-electron chi connectivity index (χ3n) is 2.67. The van der Waals surface area contributed by atoms with Crippen molar-refractivity contribution in [3.05, 3.63) is 35.4 Å². The number of methoxy groups -OCH3 is 1. The van der Waals surface area contributed by atoms with Gasteiger partial charge in [0.05, 0.1) is 12.7 Å². The van der Waals surface area contributed by atoms with Crippen molar-refractivity contribution in [3.8, 4) is 0 Å². The molecule has 0 aromatic heterocycles. The first kappa shape index (κ1) is 15.2. The van der Waals surface area contributed by atoms with Crippen LogP contribution in [-0.4, -0.2) is 37.2 Å². The molecule has 0 saturated carbocycles. The van der Waals surface area contributed by atoms with E-state index in [1.165, 1.54) is 13.2 Å². The Balaban J connectivity index is 2.50. The lowest BCUT2D eigenvalue weighted by Crippen LogP contribution is -2.24. The number of hydrogen-bond donors (Lipinski definition) is 2. The van der Waals surface area contributed by atoms with Gasteiger partial charge in [0.25, 0.3) is 5.91 Å². The highest BCUT2D eigenvalue weighted by molar-refractivity contribution is 5.97. The number of hydrogen-bond acceptors (Lipinski definition) is 4. The van der Waals surface area contributed by atoms with Crippen molar-refractivity contribution in [2.75, 3.05) is 20.3 Å². The molecule has 19 heavy (non-hydrogen) atoms. The van der Waals surface area contributed by atoms with Crippen LogP contribution in [0.3, 0.4) is 0 Å². The first-order valence-electron chi connectivity index (χ1n) is 6.26. The lowest BCUT2D eigenvalue weighted by molar-refractivity contribution is 0.0600. The summed E-state index contributed by atoms with van der Waals surface area (Å²) in [7, 11) is 1.30. The van der Waals surface area contributed by atoms with Crippen LogP contribution in [0.1, 0.15) is 40.0 Å². The quantitative estimate of drug-likeness (QED) is 0.576. The molecule has 0 atom stereocenters. The number of aliphatic hydroxyl groups is 1. The maximum Gasteiger partial charge on any atom is 0.337 e. The van der Waals surface area contributed by atoms with E-state index in [2.05, 4.69) is 10.1 Å². The second-order valence-electron chi connectivity index (χ2n) is 4.11. The fourth-order valence-electron chi connectivity index (χ4n) is 1.62. The summed E-state index contributed by atoms with van der Waals surface area (Å²) in [6.45, 7) is 0.733. The first-order valence-corrected chi connectivity index (χ1v) is 6.26. The second-order valence-corrected chi connectivity index (χ2v) is 4.11. The van der Waals surface area contributed by atoms with Gasteiger partial charge >= 0.3 is 5.97 Å². The van der Waals surface area contributed by atoms with Gasteiger partial charge < -0.3 is 15.2 Å². The Labute approximate surface area is 112 Å². The number of unbranched alkanes of at least 4 members (excludes halogenated alkanes) is 2. The Bertz CT molecular complexity index is 431. The van der Waals surface area contributed by atoms with E-state index in [1.54, 1.807) is 18.2 Å².